The average Bonchev–Trinajstić information content (AvgIpc) is 2.17. The molecule has 0 bridgehead atoms. The van der Waals surface area contributed by atoms with Gasteiger partial charge in [-0.25, -0.2) is 0 Å². The second-order valence-electron chi connectivity index (χ2n) is 3.04. The van der Waals surface area contributed by atoms with E-state index in [1.54, 1.807) is 0 Å². The van der Waals surface area contributed by atoms with Crippen molar-refractivity contribution in [3.05, 3.63) is 0 Å². The van der Waals surface area contributed by atoms with Crippen molar-refractivity contribution in [3.8, 4) is 0 Å². The van der Waals surface area contributed by atoms with E-state index in [9.17, 15) is 0 Å². The summed E-state index contributed by atoms with van der Waals surface area (Å²) in [5, 5.41) is 3.19. The van der Waals surface area contributed by atoms with Crippen LogP contribution < -0.4 is 5.32 Å². The van der Waals surface area contributed by atoms with Gasteiger partial charge in [0.1, 0.15) is 0 Å². The Morgan fingerprint density at radius 1 is 1.10 bits per heavy atom. The lowest BCUT2D eigenvalue weighted by molar-refractivity contribution is 0.271. The highest BCUT2D eigenvalue weighted by Gasteiger charge is 2.06. The maximum atomic E-state index is 3.19. The Morgan fingerprint density at radius 2 is 1.70 bits per heavy atom. The third-order valence-electron chi connectivity index (χ3n) is 2.08. The highest BCUT2D eigenvalue weighted by molar-refractivity contribution is 4.60. The molecule has 0 radical (unpaired) electrons. The molecule has 0 unspecified atom stereocenters. The highest BCUT2D eigenvalue weighted by Crippen LogP contribution is 2.07. The van der Waals surface area contributed by atoms with E-state index >= 15 is 0 Å². The van der Waals surface area contributed by atoms with E-state index in [0.717, 1.165) is 6.67 Å². The molecule has 1 N–H and O–H groups in total. The summed E-state index contributed by atoms with van der Waals surface area (Å²) in [5.74, 6) is 0. The van der Waals surface area contributed by atoms with Crippen LogP contribution in [0, 0.1) is 0 Å². The molecule has 0 aromatic rings. The summed E-state index contributed by atoms with van der Waals surface area (Å²) in [6.45, 7) is 3.65. The number of likely N-dealkylation sites (tertiary alicyclic amines) is 1. The van der Waals surface area contributed by atoms with Crippen molar-refractivity contribution in [2.75, 3.05) is 26.8 Å². The van der Waals surface area contributed by atoms with Crippen molar-refractivity contribution in [1.82, 2.24) is 10.2 Å². The number of nitrogens with one attached hydrogen (secondary N) is 1. The first-order valence-electron chi connectivity index (χ1n) is 4.30. The SMILES string of the molecule is CNCN1CCCCCC1. The topological polar surface area (TPSA) is 15.3 Å². The molecule has 0 spiro atoms. The Balaban J connectivity index is 2.15. The number of nitrogens with zero attached hydrogens (tertiary/aromatic N) is 1. The molecule has 0 atom stereocenters. The molecule has 0 aromatic carbocycles. The molecule has 0 amide bonds. The Labute approximate surface area is 63.6 Å². The summed E-state index contributed by atoms with van der Waals surface area (Å²) in [6, 6.07) is 0. The van der Waals surface area contributed by atoms with Crippen LogP contribution in [-0.2, 0) is 0 Å². The van der Waals surface area contributed by atoms with Crippen LogP contribution in [0.4, 0.5) is 0 Å². The molecule has 1 rings (SSSR count). The van der Waals surface area contributed by atoms with Crippen molar-refractivity contribution in [3.63, 3.8) is 0 Å². The first-order chi connectivity index (χ1) is 4.93. The summed E-state index contributed by atoms with van der Waals surface area (Å²) in [5.41, 5.74) is 0. The van der Waals surface area contributed by atoms with Crippen molar-refractivity contribution in [2.24, 2.45) is 0 Å². The van der Waals surface area contributed by atoms with Gasteiger partial charge in [0, 0.05) is 6.67 Å². The van der Waals surface area contributed by atoms with Gasteiger partial charge in [0.2, 0.25) is 0 Å². The Bertz CT molecular complexity index is 75.3. The molecule has 1 aliphatic rings. The monoisotopic (exact) mass is 142 g/mol. The van der Waals surface area contributed by atoms with E-state index in [4.69, 9.17) is 0 Å². The van der Waals surface area contributed by atoms with Crippen LogP contribution in [-0.4, -0.2) is 31.7 Å². The third kappa shape index (κ3) is 2.67. The summed E-state index contributed by atoms with van der Waals surface area (Å²) in [6.07, 6.45) is 5.64. The minimum atomic E-state index is 1.07. The van der Waals surface area contributed by atoms with Gasteiger partial charge in [-0.15, -0.1) is 0 Å². The minimum Gasteiger partial charge on any atom is -0.307 e. The zero-order chi connectivity index (χ0) is 7.23. The van der Waals surface area contributed by atoms with Gasteiger partial charge in [0.05, 0.1) is 0 Å². The van der Waals surface area contributed by atoms with Gasteiger partial charge < -0.3 is 5.32 Å². The molecule has 0 aromatic heterocycles. The Morgan fingerprint density at radius 3 is 2.20 bits per heavy atom. The fraction of sp³-hybridized carbons (Fsp3) is 1.00. The van der Waals surface area contributed by atoms with E-state index in [0.29, 0.717) is 0 Å². The van der Waals surface area contributed by atoms with Crippen molar-refractivity contribution < 1.29 is 0 Å². The smallest absolute Gasteiger partial charge is 0.0477 e. The summed E-state index contributed by atoms with van der Waals surface area (Å²) in [7, 11) is 2.02. The predicted molar refractivity (Wildman–Crippen MR) is 44.0 cm³/mol. The van der Waals surface area contributed by atoms with Crippen LogP contribution >= 0.6 is 0 Å². The Kier molecular flexibility index (Phi) is 3.76. The summed E-state index contributed by atoms with van der Waals surface area (Å²) in [4.78, 5) is 2.49. The van der Waals surface area contributed by atoms with Crippen molar-refractivity contribution >= 4 is 0 Å². The minimum absolute atomic E-state index is 1.07. The first-order valence-corrected chi connectivity index (χ1v) is 4.30. The van der Waals surface area contributed by atoms with Gasteiger partial charge in [-0.1, -0.05) is 12.8 Å². The van der Waals surface area contributed by atoms with Gasteiger partial charge in [-0.2, -0.15) is 0 Å². The molecule has 1 heterocycles. The molecule has 1 saturated heterocycles. The molecular formula is C8H18N2. The van der Waals surface area contributed by atoms with Crippen molar-refractivity contribution in [2.45, 2.75) is 25.7 Å². The maximum absolute atomic E-state index is 3.19. The van der Waals surface area contributed by atoms with Gasteiger partial charge in [0.15, 0.2) is 0 Å². The van der Waals surface area contributed by atoms with Gasteiger partial charge in [0.25, 0.3) is 0 Å². The normalized spacial score (nSPS) is 22.5. The van der Waals surface area contributed by atoms with E-state index in [2.05, 4.69) is 10.2 Å². The van der Waals surface area contributed by atoms with Crippen molar-refractivity contribution in [1.29, 1.82) is 0 Å². The van der Waals surface area contributed by atoms with Crippen LogP contribution in [0.1, 0.15) is 25.7 Å². The van der Waals surface area contributed by atoms with E-state index in [-0.39, 0.29) is 0 Å². The standard InChI is InChI=1S/C8H18N2/c1-9-8-10-6-4-2-3-5-7-10/h9H,2-8H2,1H3. The zero-order valence-electron chi connectivity index (χ0n) is 6.90. The lowest BCUT2D eigenvalue weighted by atomic mass is 10.2. The average molecular weight is 142 g/mol. The van der Waals surface area contributed by atoms with Crippen LogP contribution in [0.15, 0.2) is 0 Å². The van der Waals surface area contributed by atoms with E-state index in [1.807, 2.05) is 7.05 Å². The summed E-state index contributed by atoms with van der Waals surface area (Å²) < 4.78 is 0. The van der Waals surface area contributed by atoms with Gasteiger partial charge >= 0.3 is 0 Å². The fourth-order valence-corrected chi connectivity index (χ4v) is 1.52. The maximum Gasteiger partial charge on any atom is 0.0477 e. The lowest BCUT2D eigenvalue weighted by Crippen LogP contribution is -2.32. The molecule has 2 nitrogen and oxygen atoms in total. The quantitative estimate of drug-likeness (QED) is 0.619. The molecule has 2 heteroatoms. The van der Waals surface area contributed by atoms with Gasteiger partial charge in [-0.3, -0.25) is 4.90 Å². The van der Waals surface area contributed by atoms with E-state index in [1.165, 1.54) is 38.8 Å². The first kappa shape index (κ1) is 8.02. The highest BCUT2D eigenvalue weighted by atomic mass is 15.2. The number of hydrogen-bond donors (Lipinski definition) is 1. The molecular weight excluding hydrogens is 124 g/mol. The Hall–Kier alpha value is -0.0800. The largest absolute Gasteiger partial charge is 0.307 e. The molecule has 1 aliphatic heterocycles. The number of rotatable bonds is 2. The molecule has 60 valence electrons. The molecule has 10 heavy (non-hydrogen) atoms. The number of hydrogen-bond acceptors (Lipinski definition) is 2. The third-order valence-corrected chi connectivity index (χ3v) is 2.08. The van der Waals surface area contributed by atoms with Crippen LogP contribution in [0.2, 0.25) is 0 Å². The second-order valence-corrected chi connectivity index (χ2v) is 3.04. The molecule has 0 aliphatic carbocycles. The molecule has 0 saturated carbocycles. The van der Waals surface area contributed by atoms with Gasteiger partial charge in [-0.05, 0) is 33.0 Å². The second kappa shape index (κ2) is 4.69. The molecule has 1 fully saturated rings. The lowest BCUT2D eigenvalue weighted by Gasteiger charge is -2.18. The summed E-state index contributed by atoms with van der Waals surface area (Å²) >= 11 is 0. The zero-order valence-corrected chi connectivity index (χ0v) is 6.90. The van der Waals surface area contributed by atoms with Crippen LogP contribution in [0.3, 0.4) is 0 Å². The van der Waals surface area contributed by atoms with Crippen LogP contribution in [0.5, 0.6) is 0 Å². The fourth-order valence-electron chi connectivity index (χ4n) is 1.52. The van der Waals surface area contributed by atoms with Crippen LogP contribution in [0.25, 0.3) is 0 Å². The predicted octanol–water partition coefficient (Wildman–Crippen LogP) is 1.04. The van der Waals surface area contributed by atoms with E-state index < -0.39 is 0 Å².